The summed E-state index contributed by atoms with van der Waals surface area (Å²) in [6.45, 7) is 6.76. The lowest BCUT2D eigenvalue weighted by Crippen LogP contribution is -2.36. The summed E-state index contributed by atoms with van der Waals surface area (Å²) >= 11 is 5.66. The van der Waals surface area contributed by atoms with Gasteiger partial charge in [-0.25, -0.2) is 4.39 Å². The summed E-state index contributed by atoms with van der Waals surface area (Å²) in [5.74, 6) is -0.405. The monoisotopic (exact) mass is 274 g/mol. The van der Waals surface area contributed by atoms with E-state index in [4.69, 9.17) is 11.6 Å². The second kappa shape index (κ2) is 7.56. The molecule has 5 heteroatoms. The largest absolute Gasteiger partial charge is 0.390 e. The predicted octanol–water partition coefficient (Wildman–Crippen LogP) is 2.59. The van der Waals surface area contributed by atoms with Gasteiger partial charge in [0.25, 0.3) is 0 Å². The van der Waals surface area contributed by atoms with Crippen LogP contribution in [0.2, 0.25) is 5.02 Å². The standard InChI is InChI=1S/C13H20ClFN2O/c1-3-17(4-2)9-11(18)8-16-13-6-5-10(14)7-12(13)15/h5-7,11,16,18H,3-4,8-9H2,1-2H3. The molecule has 0 saturated carbocycles. The second-order valence-electron chi connectivity index (χ2n) is 4.14. The third-order valence-electron chi connectivity index (χ3n) is 2.82. The van der Waals surface area contributed by atoms with Crippen LogP contribution in [0.15, 0.2) is 18.2 Å². The Bertz CT molecular complexity index is 372. The number of likely N-dealkylation sites (N-methyl/N-ethyl adjacent to an activating group) is 1. The van der Waals surface area contributed by atoms with Crippen molar-refractivity contribution >= 4 is 17.3 Å². The Kier molecular flexibility index (Phi) is 6.39. The smallest absolute Gasteiger partial charge is 0.147 e. The first-order chi connectivity index (χ1) is 8.56. The van der Waals surface area contributed by atoms with Gasteiger partial charge in [-0.2, -0.15) is 0 Å². The first kappa shape index (κ1) is 15.2. The van der Waals surface area contributed by atoms with Gasteiger partial charge in [-0.15, -0.1) is 0 Å². The van der Waals surface area contributed by atoms with Gasteiger partial charge in [0, 0.05) is 18.1 Å². The van der Waals surface area contributed by atoms with E-state index in [1.54, 1.807) is 12.1 Å². The third-order valence-corrected chi connectivity index (χ3v) is 3.06. The van der Waals surface area contributed by atoms with E-state index < -0.39 is 11.9 Å². The van der Waals surface area contributed by atoms with Crippen LogP contribution in [0, 0.1) is 5.82 Å². The minimum Gasteiger partial charge on any atom is -0.390 e. The molecule has 102 valence electrons. The maximum atomic E-state index is 13.5. The number of hydrogen-bond donors (Lipinski definition) is 2. The van der Waals surface area contributed by atoms with Crippen LogP contribution in [-0.2, 0) is 0 Å². The van der Waals surface area contributed by atoms with Gasteiger partial charge >= 0.3 is 0 Å². The molecule has 0 aliphatic carbocycles. The molecule has 1 aromatic carbocycles. The summed E-state index contributed by atoms with van der Waals surface area (Å²) in [4.78, 5) is 2.12. The Morgan fingerprint density at radius 2 is 2.06 bits per heavy atom. The van der Waals surface area contributed by atoms with E-state index in [0.717, 1.165) is 13.1 Å². The summed E-state index contributed by atoms with van der Waals surface area (Å²) in [6.07, 6.45) is -0.528. The zero-order valence-corrected chi connectivity index (χ0v) is 11.5. The molecule has 0 aliphatic heterocycles. The van der Waals surface area contributed by atoms with Crippen LogP contribution in [0.1, 0.15) is 13.8 Å². The summed E-state index contributed by atoms with van der Waals surface area (Å²) < 4.78 is 13.5. The van der Waals surface area contributed by atoms with Crippen LogP contribution in [0.3, 0.4) is 0 Å². The molecule has 2 N–H and O–H groups in total. The fraction of sp³-hybridized carbons (Fsp3) is 0.538. The van der Waals surface area contributed by atoms with Crippen molar-refractivity contribution in [2.75, 3.05) is 31.5 Å². The van der Waals surface area contributed by atoms with E-state index in [1.807, 2.05) is 13.8 Å². The van der Waals surface area contributed by atoms with Gasteiger partial charge in [0.2, 0.25) is 0 Å². The average molecular weight is 275 g/mol. The van der Waals surface area contributed by atoms with Gasteiger partial charge in [0.1, 0.15) is 5.82 Å². The van der Waals surface area contributed by atoms with Crippen molar-refractivity contribution in [2.45, 2.75) is 20.0 Å². The lowest BCUT2D eigenvalue weighted by molar-refractivity contribution is 0.128. The van der Waals surface area contributed by atoms with E-state index in [1.165, 1.54) is 6.07 Å². The van der Waals surface area contributed by atoms with Gasteiger partial charge in [-0.1, -0.05) is 25.4 Å². The molecule has 0 radical (unpaired) electrons. The predicted molar refractivity (Wildman–Crippen MR) is 73.7 cm³/mol. The molecule has 1 aromatic rings. The molecule has 0 heterocycles. The van der Waals surface area contributed by atoms with Crippen LogP contribution in [0.25, 0.3) is 0 Å². The topological polar surface area (TPSA) is 35.5 Å². The van der Waals surface area contributed by atoms with Crippen molar-refractivity contribution in [3.63, 3.8) is 0 Å². The maximum Gasteiger partial charge on any atom is 0.147 e. The van der Waals surface area contributed by atoms with E-state index >= 15 is 0 Å². The molecule has 1 rings (SSSR count). The fourth-order valence-electron chi connectivity index (χ4n) is 1.71. The molecular formula is C13H20ClFN2O. The Balaban J connectivity index is 2.44. The van der Waals surface area contributed by atoms with Crippen LogP contribution >= 0.6 is 11.6 Å². The lowest BCUT2D eigenvalue weighted by Gasteiger charge is -2.22. The van der Waals surface area contributed by atoms with Crippen LogP contribution in [0.4, 0.5) is 10.1 Å². The van der Waals surface area contributed by atoms with Crippen LogP contribution in [-0.4, -0.2) is 42.3 Å². The minimum atomic E-state index is -0.528. The Hall–Kier alpha value is -0.840. The van der Waals surface area contributed by atoms with Crippen LogP contribution in [0.5, 0.6) is 0 Å². The average Bonchev–Trinajstić information content (AvgIpc) is 2.35. The van der Waals surface area contributed by atoms with Crippen molar-refractivity contribution in [1.82, 2.24) is 4.90 Å². The molecule has 0 aliphatic rings. The van der Waals surface area contributed by atoms with Gasteiger partial charge < -0.3 is 15.3 Å². The van der Waals surface area contributed by atoms with Gasteiger partial charge in [-0.05, 0) is 31.3 Å². The number of anilines is 1. The molecule has 1 atom stereocenters. The zero-order chi connectivity index (χ0) is 13.5. The van der Waals surface area contributed by atoms with Crippen LogP contribution < -0.4 is 5.32 Å². The van der Waals surface area contributed by atoms with Crippen molar-refractivity contribution < 1.29 is 9.50 Å². The summed E-state index contributed by atoms with van der Waals surface area (Å²) in [5.41, 5.74) is 0.359. The normalized spacial score (nSPS) is 12.8. The number of benzene rings is 1. The van der Waals surface area contributed by atoms with Crippen molar-refractivity contribution in [3.8, 4) is 0 Å². The minimum absolute atomic E-state index is 0.315. The molecule has 0 amide bonds. The van der Waals surface area contributed by atoms with E-state index in [0.29, 0.717) is 23.8 Å². The number of aliphatic hydroxyl groups is 1. The Labute approximate surface area is 113 Å². The SMILES string of the molecule is CCN(CC)CC(O)CNc1ccc(Cl)cc1F. The molecule has 0 aromatic heterocycles. The Morgan fingerprint density at radius 3 is 2.61 bits per heavy atom. The lowest BCUT2D eigenvalue weighted by atomic mass is 10.2. The molecule has 18 heavy (non-hydrogen) atoms. The van der Waals surface area contributed by atoms with E-state index in [9.17, 15) is 9.50 Å². The van der Waals surface area contributed by atoms with E-state index in [-0.39, 0.29) is 0 Å². The first-order valence-corrected chi connectivity index (χ1v) is 6.54. The molecule has 0 spiro atoms. The highest BCUT2D eigenvalue weighted by molar-refractivity contribution is 6.30. The van der Waals surface area contributed by atoms with Crippen molar-refractivity contribution in [1.29, 1.82) is 0 Å². The first-order valence-electron chi connectivity index (χ1n) is 6.16. The molecule has 1 unspecified atom stereocenters. The highest BCUT2D eigenvalue weighted by Crippen LogP contribution is 2.18. The number of hydrogen-bond acceptors (Lipinski definition) is 3. The van der Waals surface area contributed by atoms with Crippen molar-refractivity contribution in [2.24, 2.45) is 0 Å². The molecule has 0 saturated heterocycles. The molecule has 3 nitrogen and oxygen atoms in total. The fourth-order valence-corrected chi connectivity index (χ4v) is 1.86. The molecule has 0 fully saturated rings. The molecular weight excluding hydrogens is 255 g/mol. The highest BCUT2D eigenvalue weighted by atomic mass is 35.5. The Morgan fingerprint density at radius 1 is 1.39 bits per heavy atom. The third kappa shape index (κ3) is 4.80. The van der Waals surface area contributed by atoms with Gasteiger partial charge in [0.15, 0.2) is 0 Å². The van der Waals surface area contributed by atoms with Crippen molar-refractivity contribution in [3.05, 3.63) is 29.0 Å². The highest BCUT2D eigenvalue weighted by Gasteiger charge is 2.10. The van der Waals surface area contributed by atoms with Gasteiger partial charge in [0.05, 0.1) is 11.8 Å². The van der Waals surface area contributed by atoms with Gasteiger partial charge in [-0.3, -0.25) is 0 Å². The molecule has 0 bridgehead atoms. The van der Waals surface area contributed by atoms with E-state index in [2.05, 4.69) is 10.2 Å². The second-order valence-corrected chi connectivity index (χ2v) is 4.58. The number of nitrogens with one attached hydrogen (secondary N) is 1. The number of rotatable bonds is 7. The summed E-state index contributed by atoms with van der Waals surface area (Å²) in [5, 5.41) is 13.1. The summed E-state index contributed by atoms with van der Waals surface area (Å²) in [6, 6.07) is 4.44. The number of aliphatic hydroxyl groups excluding tert-OH is 1. The zero-order valence-electron chi connectivity index (χ0n) is 10.8. The number of halogens is 2. The maximum absolute atomic E-state index is 13.5. The quantitative estimate of drug-likeness (QED) is 0.802. The number of nitrogens with zero attached hydrogens (tertiary/aromatic N) is 1. The summed E-state index contributed by atoms with van der Waals surface area (Å²) in [7, 11) is 0.